The molecule has 4 N–H and O–H groups in total. The van der Waals surface area contributed by atoms with Crippen LogP contribution in [0.2, 0.25) is 0 Å². The fourth-order valence-corrected chi connectivity index (χ4v) is 3.11. The van der Waals surface area contributed by atoms with E-state index >= 15 is 0 Å². The van der Waals surface area contributed by atoms with E-state index in [1.54, 1.807) is 6.07 Å². The molecule has 7 heteroatoms. The first-order chi connectivity index (χ1) is 8.89. The third-order valence-corrected chi connectivity index (χ3v) is 4.33. The second-order valence-electron chi connectivity index (χ2n) is 4.55. The number of carbonyl (C=O) groups excluding carboxylic acids is 1. The number of nitrogens with one attached hydrogen (secondary N) is 1. The van der Waals surface area contributed by atoms with Crippen molar-refractivity contribution in [1.82, 2.24) is 0 Å². The molecule has 0 unspecified atom stereocenters. The van der Waals surface area contributed by atoms with Crippen molar-refractivity contribution in [3.05, 3.63) is 26.6 Å². The summed E-state index contributed by atoms with van der Waals surface area (Å²) >= 11 is 6.49. The van der Waals surface area contributed by atoms with Crippen molar-refractivity contribution >= 4 is 49.4 Å². The zero-order valence-corrected chi connectivity index (χ0v) is 13.0. The molecule has 0 spiro atoms. The summed E-state index contributed by atoms with van der Waals surface area (Å²) in [5.74, 6) is -1.32. The first kappa shape index (κ1) is 14.5. The quantitative estimate of drug-likeness (QED) is 0.735. The van der Waals surface area contributed by atoms with E-state index in [0.29, 0.717) is 8.95 Å². The molecule has 1 amide bonds. The van der Waals surface area contributed by atoms with Crippen molar-refractivity contribution in [2.24, 2.45) is 11.1 Å². The van der Waals surface area contributed by atoms with Gasteiger partial charge >= 0.3 is 5.97 Å². The summed E-state index contributed by atoms with van der Waals surface area (Å²) in [5.41, 5.74) is 5.36. The number of carboxylic acid groups (broad SMARTS) is 1. The fraction of sp³-hybridized carbons (Fsp3) is 0.333. The molecule has 0 heterocycles. The molecule has 0 atom stereocenters. The van der Waals surface area contributed by atoms with E-state index in [1.807, 2.05) is 0 Å². The highest BCUT2D eigenvalue weighted by Gasteiger charge is 2.48. The molecule has 19 heavy (non-hydrogen) atoms. The minimum Gasteiger partial charge on any atom is -0.478 e. The lowest BCUT2D eigenvalue weighted by Gasteiger charge is -2.16. The van der Waals surface area contributed by atoms with Gasteiger partial charge in [-0.2, -0.15) is 0 Å². The van der Waals surface area contributed by atoms with Crippen molar-refractivity contribution in [1.29, 1.82) is 0 Å². The number of carboxylic acids is 1. The molecular formula is C12H12Br2N2O3. The summed E-state index contributed by atoms with van der Waals surface area (Å²) in [4.78, 5) is 23.3. The first-order valence-electron chi connectivity index (χ1n) is 5.63. The Kier molecular flexibility index (Phi) is 3.98. The van der Waals surface area contributed by atoms with E-state index in [4.69, 9.17) is 5.73 Å². The number of halogens is 2. The second kappa shape index (κ2) is 5.22. The monoisotopic (exact) mass is 390 g/mol. The molecule has 0 radical (unpaired) electrons. The van der Waals surface area contributed by atoms with Crippen LogP contribution < -0.4 is 11.1 Å². The van der Waals surface area contributed by atoms with Gasteiger partial charge in [-0.3, -0.25) is 4.79 Å². The minimum atomic E-state index is -1.10. The number of aromatic carboxylic acids is 1. The van der Waals surface area contributed by atoms with Gasteiger partial charge < -0.3 is 16.2 Å². The Morgan fingerprint density at radius 2 is 2.00 bits per heavy atom. The summed E-state index contributed by atoms with van der Waals surface area (Å²) < 4.78 is 1.13. The third kappa shape index (κ3) is 2.82. The number of anilines is 1. The van der Waals surface area contributed by atoms with Gasteiger partial charge in [0.1, 0.15) is 0 Å². The largest absolute Gasteiger partial charge is 0.478 e. The van der Waals surface area contributed by atoms with Gasteiger partial charge in [-0.25, -0.2) is 4.79 Å². The van der Waals surface area contributed by atoms with Crippen LogP contribution in [-0.2, 0) is 4.79 Å². The molecule has 5 nitrogen and oxygen atoms in total. The Morgan fingerprint density at radius 3 is 2.47 bits per heavy atom. The topological polar surface area (TPSA) is 92.4 Å². The maximum absolute atomic E-state index is 12.1. The van der Waals surface area contributed by atoms with Gasteiger partial charge in [-0.15, -0.1) is 0 Å². The van der Waals surface area contributed by atoms with E-state index in [9.17, 15) is 14.7 Å². The zero-order valence-electron chi connectivity index (χ0n) is 9.87. The van der Waals surface area contributed by atoms with Crippen LogP contribution >= 0.6 is 31.9 Å². The molecule has 1 fully saturated rings. The lowest BCUT2D eigenvalue weighted by Crippen LogP contribution is -2.31. The number of rotatable bonds is 4. The molecule has 1 aliphatic carbocycles. The molecule has 102 valence electrons. The van der Waals surface area contributed by atoms with Crippen LogP contribution in [-0.4, -0.2) is 23.5 Å². The smallest absolute Gasteiger partial charge is 0.337 e. The molecule has 0 bridgehead atoms. The van der Waals surface area contributed by atoms with E-state index in [0.717, 1.165) is 12.8 Å². The second-order valence-corrected chi connectivity index (χ2v) is 6.32. The number of benzene rings is 1. The zero-order chi connectivity index (χ0) is 14.2. The van der Waals surface area contributed by atoms with Crippen LogP contribution in [0.15, 0.2) is 21.1 Å². The summed E-state index contributed by atoms with van der Waals surface area (Å²) in [7, 11) is 0. The van der Waals surface area contributed by atoms with Gasteiger partial charge in [-0.1, -0.05) is 15.9 Å². The maximum atomic E-state index is 12.1. The van der Waals surface area contributed by atoms with E-state index in [-0.39, 0.29) is 23.7 Å². The van der Waals surface area contributed by atoms with Gasteiger partial charge in [0, 0.05) is 15.5 Å². The number of carbonyl (C=O) groups is 2. The Morgan fingerprint density at radius 1 is 1.37 bits per heavy atom. The molecule has 1 aromatic carbocycles. The maximum Gasteiger partial charge on any atom is 0.337 e. The molecule has 1 saturated carbocycles. The van der Waals surface area contributed by atoms with Gasteiger partial charge in [0.05, 0.1) is 16.7 Å². The first-order valence-corrected chi connectivity index (χ1v) is 7.22. The summed E-state index contributed by atoms with van der Waals surface area (Å²) in [6, 6.07) is 3.13. The molecule has 2 rings (SSSR count). The Hall–Kier alpha value is -0.920. The van der Waals surface area contributed by atoms with E-state index in [1.165, 1.54) is 6.07 Å². The van der Waals surface area contributed by atoms with Crippen molar-refractivity contribution < 1.29 is 14.7 Å². The average molecular weight is 392 g/mol. The summed E-state index contributed by atoms with van der Waals surface area (Å²) in [5, 5.41) is 11.9. The van der Waals surface area contributed by atoms with Crippen molar-refractivity contribution in [3.63, 3.8) is 0 Å². The molecule has 0 aromatic heterocycles. The lowest BCUT2D eigenvalue weighted by molar-refractivity contribution is -0.120. The number of amides is 1. The third-order valence-electron chi connectivity index (χ3n) is 3.25. The Labute approximate surface area is 126 Å². The normalized spacial score (nSPS) is 15.9. The summed E-state index contributed by atoms with van der Waals surface area (Å²) in [6.45, 7) is 0.273. The highest BCUT2D eigenvalue weighted by atomic mass is 79.9. The number of nitrogens with two attached hydrogens (primary N) is 1. The van der Waals surface area contributed by atoms with E-state index < -0.39 is 11.4 Å². The SMILES string of the molecule is NCC1(C(=O)Nc2c(Br)cc(Br)cc2C(=O)O)CC1. The van der Waals surface area contributed by atoms with Crippen LogP contribution in [0.1, 0.15) is 23.2 Å². The minimum absolute atomic E-state index is 0.0300. The van der Waals surface area contributed by atoms with Gasteiger partial charge in [0.2, 0.25) is 5.91 Å². The fourth-order valence-electron chi connectivity index (χ4n) is 1.79. The highest BCUT2D eigenvalue weighted by molar-refractivity contribution is 9.11. The van der Waals surface area contributed by atoms with Crippen molar-refractivity contribution in [2.45, 2.75) is 12.8 Å². The number of hydrogen-bond acceptors (Lipinski definition) is 3. The average Bonchev–Trinajstić information content (AvgIpc) is 3.12. The van der Waals surface area contributed by atoms with Crippen molar-refractivity contribution in [2.75, 3.05) is 11.9 Å². The Bertz CT molecular complexity index is 556. The summed E-state index contributed by atoms with van der Waals surface area (Å²) in [6.07, 6.45) is 1.48. The van der Waals surface area contributed by atoms with Crippen LogP contribution in [0.25, 0.3) is 0 Å². The Balaban J connectivity index is 2.34. The predicted octanol–water partition coefficient (Wildman–Crippen LogP) is 2.59. The van der Waals surface area contributed by atoms with Crippen LogP contribution in [0.3, 0.4) is 0 Å². The molecule has 0 aliphatic heterocycles. The molecule has 0 saturated heterocycles. The van der Waals surface area contributed by atoms with Gasteiger partial charge in [0.15, 0.2) is 0 Å². The van der Waals surface area contributed by atoms with Crippen LogP contribution in [0.4, 0.5) is 5.69 Å². The van der Waals surface area contributed by atoms with Gasteiger partial charge in [0.25, 0.3) is 0 Å². The molecule has 1 aliphatic rings. The van der Waals surface area contributed by atoms with Gasteiger partial charge in [-0.05, 0) is 40.9 Å². The van der Waals surface area contributed by atoms with Crippen molar-refractivity contribution in [3.8, 4) is 0 Å². The highest BCUT2D eigenvalue weighted by Crippen LogP contribution is 2.46. The predicted molar refractivity (Wildman–Crippen MR) is 78.2 cm³/mol. The standard InChI is InChI=1S/C12H12Br2N2O3/c13-6-3-7(10(17)18)9(8(14)4-6)16-11(19)12(5-15)1-2-12/h3-4H,1-2,5,15H2,(H,16,19)(H,17,18). The van der Waals surface area contributed by atoms with E-state index in [2.05, 4.69) is 37.2 Å². The molecule has 1 aromatic rings. The van der Waals surface area contributed by atoms with Crippen LogP contribution in [0, 0.1) is 5.41 Å². The lowest BCUT2D eigenvalue weighted by atomic mass is 10.1. The number of hydrogen-bond donors (Lipinski definition) is 3. The van der Waals surface area contributed by atoms with Crippen LogP contribution in [0.5, 0.6) is 0 Å². The molecular weight excluding hydrogens is 380 g/mol.